The Balaban J connectivity index is 1.93. The molecule has 0 aromatic heterocycles. The van der Waals surface area contributed by atoms with Gasteiger partial charge in [0.05, 0.1) is 0 Å². The molecule has 0 bridgehead atoms. The van der Waals surface area contributed by atoms with Crippen molar-refractivity contribution in [1.82, 2.24) is 0 Å². The summed E-state index contributed by atoms with van der Waals surface area (Å²) >= 11 is 0. The van der Waals surface area contributed by atoms with Gasteiger partial charge in [-0.15, -0.1) is 0 Å². The van der Waals surface area contributed by atoms with Crippen LogP contribution in [0.5, 0.6) is 0 Å². The number of esters is 2. The Morgan fingerprint density at radius 3 is 2.22 bits per heavy atom. The minimum atomic E-state index is -1.12. The molecule has 3 saturated carbocycles. The SMILES string of the molecule is CC(=O)OC1CC2(C)C(CCC3C4(C)C=CC(=O)C(C)C4C(OC(C)=O)C(=O)C32C)C1=C(CCC=C(C)C)C(=O)O. The van der Waals surface area contributed by atoms with Crippen molar-refractivity contribution in [3.8, 4) is 0 Å². The fourth-order valence-electron chi connectivity index (χ4n) is 9.19. The normalized spacial score (nSPS) is 40.6. The first-order valence-corrected chi connectivity index (χ1v) is 14.7. The van der Waals surface area contributed by atoms with E-state index >= 15 is 0 Å². The predicted octanol–water partition coefficient (Wildman–Crippen LogP) is 5.40. The summed E-state index contributed by atoms with van der Waals surface area (Å²) in [5.41, 5.74) is -0.526. The second-order valence-electron chi connectivity index (χ2n) is 13.5. The zero-order valence-corrected chi connectivity index (χ0v) is 25.5. The first-order chi connectivity index (χ1) is 19.0. The van der Waals surface area contributed by atoms with Crippen molar-refractivity contribution in [2.45, 2.75) is 99.7 Å². The number of carboxylic acids is 1. The number of fused-ring (bicyclic) bond motifs is 5. The Kier molecular flexibility index (Phi) is 8.04. The van der Waals surface area contributed by atoms with Gasteiger partial charge in [0.25, 0.3) is 0 Å². The van der Waals surface area contributed by atoms with Crippen molar-refractivity contribution in [3.05, 3.63) is 34.9 Å². The Hall–Kier alpha value is -3.03. The van der Waals surface area contributed by atoms with Crippen LogP contribution in [0.2, 0.25) is 0 Å². The summed E-state index contributed by atoms with van der Waals surface area (Å²) in [5, 5.41) is 10.4. The van der Waals surface area contributed by atoms with E-state index in [-0.39, 0.29) is 41.8 Å². The largest absolute Gasteiger partial charge is 0.478 e. The van der Waals surface area contributed by atoms with Crippen LogP contribution in [0.25, 0.3) is 0 Å². The maximum absolute atomic E-state index is 14.7. The van der Waals surface area contributed by atoms with E-state index in [1.807, 2.05) is 39.8 Å². The van der Waals surface area contributed by atoms with Crippen molar-refractivity contribution in [3.63, 3.8) is 0 Å². The highest BCUT2D eigenvalue weighted by atomic mass is 16.5. The molecular formula is C33H44O8. The first-order valence-electron chi connectivity index (χ1n) is 14.7. The van der Waals surface area contributed by atoms with E-state index in [9.17, 15) is 29.1 Å². The maximum Gasteiger partial charge on any atom is 0.331 e. The molecule has 0 saturated heterocycles. The Labute approximate surface area is 242 Å². The Morgan fingerprint density at radius 1 is 1.02 bits per heavy atom. The molecule has 0 aromatic rings. The van der Waals surface area contributed by atoms with Gasteiger partial charge in [0.1, 0.15) is 6.10 Å². The van der Waals surface area contributed by atoms with Crippen molar-refractivity contribution in [2.24, 2.45) is 39.9 Å². The van der Waals surface area contributed by atoms with Crippen LogP contribution < -0.4 is 0 Å². The molecular weight excluding hydrogens is 524 g/mol. The number of allylic oxidation sites excluding steroid dienone is 4. The van der Waals surface area contributed by atoms with Crippen LogP contribution in [-0.2, 0) is 33.4 Å². The molecule has 4 aliphatic rings. The van der Waals surface area contributed by atoms with Gasteiger partial charge in [0, 0.05) is 36.7 Å². The molecule has 9 unspecified atom stereocenters. The van der Waals surface area contributed by atoms with Crippen molar-refractivity contribution in [1.29, 1.82) is 0 Å². The molecule has 0 radical (unpaired) electrons. The summed E-state index contributed by atoms with van der Waals surface area (Å²) in [6.45, 7) is 14.3. The van der Waals surface area contributed by atoms with Gasteiger partial charge in [0.15, 0.2) is 17.7 Å². The molecule has 0 heterocycles. The molecule has 8 heteroatoms. The average Bonchev–Trinajstić information content (AvgIpc) is 3.14. The quantitative estimate of drug-likeness (QED) is 0.257. The molecule has 0 amide bonds. The molecule has 41 heavy (non-hydrogen) atoms. The van der Waals surface area contributed by atoms with Crippen LogP contribution >= 0.6 is 0 Å². The van der Waals surface area contributed by atoms with E-state index in [2.05, 4.69) is 6.92 Å². The first kappa shape index (κ1) is 30.9. The Morgan fingerprint density at radius 2 is 1.66 bits per heavy atom. The standard InChI is InChI=1S/C33H44O8/c1-17(2)10-9-11-21(30(38)39)26-22-12-13-25-31(6)15-14-23(36)18(3)27(31)28(41-20(5)35)29(37)33(25,8)32(22,7)16-24(26)40-19(4)34/h10,14-15,18,22,24-25,27-28H,9,11-13,16H2,1-8H3,(H,38,39). The lowest BCUT2D eigenvalue weighted by atomic mass is 9.37. The highest BCUT2D eigenvalue weighted by Crippen LogP contribution is 2.73. The van der Waals surface area contributed by atoms with Gasteiger partial charge in [-0.1, -0.05) is 45.4 Å². The van der Waals surface area contributed by atoms with Crippen LogP contribution in [0.3, 0.4) is 0 Å². The highest BCUT2D eigenvalue weighted by molar-refractivity contribution is 5.98. The monoisotopic (exact) mass is 568 g/mol. The fourth-order valence-corrected chi connectivity index (χ4v) is 9.19. The number of Topliss-reactive ketones (excluding diaryl/α,β-unsaturated/α-hetero) is 1. The second-order valence-corrected chi connectivity index (χ2v) is 13.5. The maximum atomic E-state index is 14.7. The van der Waals surface area contributed by atoms with E-state index in [1.165, 1.54) is 13.8 Å². The smallest absolute Gasteiger partial charge is 0.331 e. The molecule has 0 aliphatic heterocycles. The summed E-state index contributed by atoms with van der Waals surface area (Å²) in [6, 6.07) is 0. The van der Waals surface area contributed by atoms with Gasteiger partial charge >= 0.3 is 17.9 Å². The lowest BCUT2D eigenvalue weighted by Crippen LogP contribution is -2.69. The Bertz CT molecular complexity index is 1270. The van der Waals surface area contributed by atoms with Crippen molar-refractivity contribution < 1.29 is 38.6 Å². The van der Waals surface area contributed by atoms with Gasteiger partial charge in [-0.25, -0.2) is 4.79 Å². The molecule has 4 aliphatic carbocycles. The van der Waals surface area contributed by atoms with Gasteiger partial charge < -0.3 is 14.6 Å². The molecule has 0 aromatic carbocycles. The lowest BCUT2D eigenvalue weighted by molar-refractivity contribution is -0.207. The van der Waals surface area contributed by atoms with Crippen LogP contribution in [-0.4, -0.2) is 46.8 Å². The van der Waals surface area contributed by atoms with Crippen molar-refractivity contribution >= 4 is 29.5 Å². The number of carbonyl (C=O) groups is 5. The van der Waals surface area contributed by atoms with Gasteiger partial charge in [-0.05, 0) is 80.3 Å². The van der Waals surface area contributed by atoms with E-state index in [4.69, 9.17) is 9.47 Å². The summed E-state index contributed by atoms with van der Waals surface area (Å²) < 4.78 is 11.6. The number of ether oxygens (including phenoxy) is 2. The van der Waals surface area contributed by atoms with Gasteiger partial charge in [-0.2, -0.15) is 0 Å². The van der Waals surface area contributed by atoms with E-state index in [1.54, 1.807) is 13.0 Å². The highest BCUT2D eigenvalue weighted by Gasteiger charge is 2.74. The molecule has 1 N–H and O–H groups in total. The summed E-state index contributed by atoms with van der Waals surface area (Å²) in [7, 11) is 0. The van der Waals surface area contributed by atoms with Crippen LogP contribution in [0.4, 0.5) is 0 Å². The number of carboxylic acid groups (broad SMARTS) is 1. The number of hydrogen-bond donors (Lipinski definition) is 1. The third-order valence-corrected chi connectivity index (χ3v) is 11.0. The average molecular weight is 569 g/mol. The predicted molar refractivity (Wildman–Crippen MR) is 151 cm³/mol. The summed E-state index contributed by atoms with van der Waals surface area (Å²) in [4.78, 5) is 64.9. The lowest BCUT2D eigenvalue weighted by Gasteiger charge is -2.66. The molecule has 8 nitrogen and oxygen atoms in total. The minimum absolute atomic E-state index is 0.0931. The van der Waals surface area contributed by atoms with Gasteiger partial charge in [-0.3, -0.25) is 19.2 Å². The second kappa shape index (κ2) is 10.7. The number of rotatable bonds is 6. The van der Waals surface area contributed by atoms with E-state index in [0.29, 0.717) is 24.8 Å². The minimum Gasteiger partial charge on any atom is -0.478 e. The zero-order chi connectivity index (χ0) is 30.7. The van der Waals surface area contributed by atoms with Crippen LogP contribution in [0.15, 0.2) is 34.9 Å². The molecule has 0 spiro atoms. The molecule has 4 rings (SSSR count). The molecule has 3 fully saturated rings. The third kappa shape index (κ3) is 4.71. The summed E-state index contributed by atoms with van der Waals surface area (Å²) in [6.07, 6.45) is 5.95. The fraction of sp³-hybridized carbons (Fsp3) is 0.667. The molecule has 9 atom stereocenters. The van der Waals surface area contributed by atoms with E-state index in [0.717, 1.165) is 5.57 Å². The van der Waals surface area contributed by atoms with E-state index < -0.39 is 58.2 Å². The number of aliphatic carboxylic acids is 1. The third-order valence-electron chi connectivity index (χ3n) is 11.0. The number of ketones is 2. The van der Waals surface area contributed by atoms with Crippen molar-refractivity contribution in [2.75, 3.05) is 0 Å². The van der Waals surface area contributed by atoms with Gasteiger partial charge in [0.2, 0.25) is 0 Å². The summed E-state index contributed by atoms with van der Waals surface area (Å²) in [5.74, 6) is -3.98. The van der Waals surface area contributed by atoms with Crippen LogP contribution in [0.1, 0.15) is 87.5 Å². The van der Waals surface area contributed by atoms with Crippen LogP contribution in [0, 0.1) is 39.9 Å². The number of hydrogen-bond acceptors (Lipinski definition) is 7. The zero-order valence-electron chi connectivity index (χ0n) is 25.5. The number of carbonyl (C=O) groups excluding carboxylic acids is 4. The molecule has 224 valence electrons. The topological polar surface area (TPSA) is 124 Å².